The number of hydrogen-bond acceptors (Lipinski definition) is 5. The Kier molecular flexibility index (Phi) is 6.87. The van der Waals surface area contributed by atoms with E-state index in [0.717, 1.165) is 23.6 Å². The molecule has 0 saturated heterocycles. The van der Waals surface area contributed by atoms with E-state index in [1.165, 1.54) is 17.6 Å². The van der Waals surface area contributed by atoms with Gasteiger partial charge < -0.3 is 4.57 Å². The molecular weight excluding hydrogens is 539 g/mol. The fourth-order valence-corrected chi connectivity index (χ4v) is 5.15. The van der Waals surface area contributed by atoms with E-state index < -0.39 is 21.7 Å². The fourth-order valence-electron chi connectivity index (χ4n) is 4.48. The molecule has 0 aliphatic rings. The van der Waals surface area contributed by atoms with Crippen LogP contribution in [0, 0.1) is 6.92 Å². The van der Waals surface area contributed by atoms with Crippen LogP contribution in [0.25, 0.3) is 33.8 Å². The highest BCUT2D eigenvalue weighted by Gasteiger charge is 2.34. The van der Waals surface area contributed by atoms with Crippen molar-refractivity contribution in [1.82, 2.24) is 24.5 Å². The Morgan fingerprint density at radius 1 is 0.875 bits per heavy atom. The van der Waals surface area contributed by atoms with E-state index in [4.69, 9.17) is 0 Å². The number of rotatable bonds is 6. The maximum Gasteiger partial charge on any atom is 0.434 e. The van der Waals surface area contributed by atoms with Crippen LogP contribution in [-0.2, 0) is 16.0 Å². The third-order valence-electron chi connectivity index (χ3n) is 6.65. The largest absolute Gasteiger partial charge is 0.434 e. The van der Waals surface area contributed by atoms with Crippen molar-refractivity contribution in [2.75, 3.05) is 6.26 Å². The molecule has 7 nitrogen and oxygen atoms in total. The minimum Gasteiger partial charge on any atom is -0.301 e. The van der Waals surface area contributed by atoms with Crippen LogP contribution in [-0.4, -0.2) is 39.2 Å². The molecule has 0 aliphatic carbocycles. The monoisotopic (exact) mass is 565 g/mol. The molecule has 0 amide bonds. The number of nitrogens with zero attached hydrogens (tertiary/aromatic N) is 5. The van der Waals surface area contributed by atoms with Gasteiger partial charge in [-0.3, -0.25) is 0 Å². The molecule has 0 radical (unpaired) electrons. The van der Waals surface area contributed by atoms with Gasteiger partial charge >= 0.3 is 6.18 Å². The Bertz CT molecular complexity index is 1800. The third kappa shape index (κ3) is 5.29. The normalized spacial score (nSPS) is 12.3. The van der Waals surface area contributed by atoms with Gasteiger partial charge in [0.1, 0.15) is 5.82 Å². The van der Waals surface area contributed by atoms with Crippen LogP contribution in [0.15, 0.2) is 84.0 Å². The summed E-state index contributed by atoms with van der Waals surface area (Å²) in [6.07, 6.45) is -0.940. The maximum atomic E-state index is 13.5. The summed E-state index contributed by atoms with van der Waals surface area (Å²) in [5.74, 6) is 0.485. The minimum absolute atomic E-state index is 0.142. The Hall–Kier alpha value is -4.25. The van der Waals surface area contributed by atoms with Gasteiger partial charge in [-0.2, -0.15) is 13.2 Å². The number of alkyl halides is 3. The van der Waals surface area contributed by atoms with Gasteiger partial charge in [0.2, 0.25) is 0 Å². The lowest BCUT2D eigenvalue weighted by Gasteiger charge is -2.16. The Labute approximate surface area is 229 Å². The van der Waals surface area contributed by atoms with Crippen molar-refractivity contribution in [3.05, 3.63) is 96.2 Å². The van der Waals surface area contributed by atoms with Crippen LogP contribution in [0.3, 0.4) is 0 Å². The molecule has 11 heteroatoms. The quantitative estimate of drug-likeness (QED) is 0.231. The lowest BCUT2D eigenvalue weighted by molar-refractivity contribution is -0.141. The van der Waals surface area contributed by atoms with Crippen molar-refractivity contribution in [3.63, 3.8) is 0 Å². The maximum absolute atomic E-state index is 13.5. The van der Waals surface area contributed by atoms with Crippen molar-refractivity contribution in [1.29, 1.82) is 0 Å². The lowest BCUT2D eigenvalue weighted by atomic mass is 10.0. The van der Waals surface area contributed by atoms with Crippen LogP contribution < -0.4 is 0 Å². The van der Waals surface area contributed by atoms with E-state index in [-0.39, 0.29) is 10.7 Å². The second-order valence-corrected chi connectivity index (χ2v) is 11.9. The van der Waals surface area contributed by atoms with E-state index in [0.29, 0.717) is 34.1 Å². The topological polar surface area (TPSA) is 82.7 Å². The van der Waals surface area contributed by atoms with E-state index >= 15 is 0 Å². The second-order valence-electron chi connectivity index (χ2n) is 9.85. The van der Waals surface area contributed by atoms with Crippen molar-refractivity contribution >= 4 is 9.84 Å². The first-order chi connectivity index (χ1) is 18.8. The molecule has 5 aromatic rings. The molecule has 3 aromatic carbocycles. The van der Waals surface area contributed by atoms with E-state index in [1.54, 1.807) is 47.3 Å². The molecule has 40 heavy (non-hydrogen) atoms. The highest BCUT2D eigenvalue weighted by atomic mass is 32.2. The molecule has 206 valence electrons. The number of benzene rings is 3. The average Bonchev–Trinajstić information content (AvgIpc) is 3.55. The van der Waals surface area contributed by atoms with Gasteiger partial charge in [-0.1, -0.05) is 61.5 Å². The predicted octanol–water partition coefficient (Wildman–Crippen LogP) is 6.64. The molecule has 0 saturated carbocycles. The zero-order valence-electron chi connectivity index (χ0n) is 22.2. The first-order valence-corrected chi connectivity index (χ1v) is 14.3. The Morgan fingerprint density at radius 2 is 1.55 bits per heavy atom. The molecule has 2 aromatic heterocycles. The number of sulfone groups is 1. The zero-order chi connectivity index (χ0) is 28.8. The summed E-state index contributed by atoms with van der Waals surface area (Å²) >= 11 is 0. The molecule has 0 spiro atoms. The summed E-state index contributed by atoms with van der Waals surface area (Å²) < 4.78 is 67.8. The summed E-state index contributed by atoms with van der Waals surface area (Å²) in [6.45, 7) is 5.69. The van der Waals surface area contributed by atoms with Crippen LogP contribution in [0.4, 0.5) is 13.2 Å². The highest BCUT2D eigenvalue weighted by molar-refractivity contribution is 7.90. The van der Waals surface area contributed by atoms with Gasteiger partial charge in [0.15, 0.2) is 15.5 Å². The Morgan fingerprint density at radius 3 is 2.17 bits per heavy atom. The van der Waals surface area contributed by atoms with Gasteiger partial charge in [-0.25, -0.2) is 18.1 Å². The fraction of sp³-hybridized carbons (Fsp3) is 0.207. The first-order valence-electron chi connectivity index (χ1n) is 12.4. The number of aromatic nitrogens is 5. The number of halogens is 3. The summed E-state index contributed by atoms with van der Waals surface area (Å²) in [5, 5.41) is 8.41. The van der Waals surface area contributed by atoms with Crippen molar-refractivity contribution in [3.8, 4) is 33.8 Å². The van der Waals surface area contributed by atoms with Crippen molar-refractivity contribution < 1.29 is 21.6 Å². The number of hydrogen-bond donors (Lipinski definition) is 0. The third-order valence-corrected chi connectivity index (χ3v) is 7.76. The van der Waals surface area contributed by atoms with E-state index in [1.807, 2.05) is 24.3 Å². The van der Waals surface area contributed by atoms with Gasteiger partial charge in [0, 0.05) is 18.0 Å². The summed E-state index contributed by atoms with van der Waals surface area (Å²) in [6, 6.07) is 19.6. The van der Waals surface area contributed by atoms with Gasteiger partial charge in [0.25, 0.3) is 0 Å². The van der Waals surface area contributed by atoms with E-state index in [9.17, 15) is 21.6 Å². The SMILES string of the molecule is Cc1nc(C(F)(F)F)cn1-c1ccc(-c2cccc(S(C)(=O)=O)c2)cc1-n1nncc1-c1ccc(C(C)C)cc1. The van der Waals surface area contributed by atoms with E-state index in [2.05, 4.69) is 29.1 Å². The van der Waals surface area contributed by atoms with Crippen LogP contribution >= 0.6 is 0 Å². The Balaban J connectivity index is 1.72. The molecule has 2 heterocycles. The van der Waals surface area contributed by atoms with Gasteiger partial charge in [-0.05, 0) is 53.8 Å². The molecule has 5 rings (SSSR count). The first kappa shape index (κ1) is 27.3. The molecule has 0 unspecified atom stereocenters. The van der Waals surface area contributed by atoms with Crippen LogP contribution in [0.2, 0.25) is 0 Å². The smallest absolute Gasteiger partial charge is 0.301 e. The molecule has 0 atom stereocenters. The average molecular weight is 566 g/mol. The van der Waals surface area contributed by atoms with Gasteiger partial charge in [0.05, 0.1) is 28.2 Å². The predicted molar refractivity (Wildman–Crippen MR) is 146 cm³/mol. The zero-order valence-corrected chi connectivity index (χ0v) is 23.0. The molecule has 0 N–H and O–H groups in total. The van der Waals surface area contributed by atoms with Crippen LogP contribution in [0.5, 0.6) is 0 Å². The van der Waals surface area contributed by atoms with Crippen molar-refractivity contribution in [2.24, 2.45) is 0 Å². The summed E-state index contributed by atoms with van der Waals surface area (Å²) in [4.78, 5) is 3.89. The number of aryl methyl sites for hydroxylation is 1. The minimum atomic E-state index is -4.61. The van der Waals surface area contributed by atoms with Crippen LogP contribution in [0.1, 0.15) is 36.8 Å². The van der Waals surface area contributed by atoms with Gasteiger partial charge in [-0.15, -0.1) is 5.10 Å². The number of imidazole rings is 1. The highest BCUT2D eigenvalue weighted by Crippen LogP contribution is 2.34. The van der Waals surface area contributed by atoms with Crippen molar-refractivity contribution in [2.45, 2.75) is 37.8 Å². The summed E-state index contributed by atoms with van der Waals surface area (Å²) in [7, 11) is -3.45. The molecular formula is C29H26F3N5O2S. The molecule has 0 fully saturated rings. The lowest BCUT2D eigenvalue weighted by Crippen LogP contribution is -2.07. The molecule has 0 aliphatic heterocycles. The second kappa shape index (κ2) is 10.1. The summed E-state index contributed by atoms with van der Waals surface area (Å²) in [5.41, 5.74) is 3.71. The standard InChI is InChI=1S/C29H26F3N5O2S/c1-18(2)20-8-10-21(11-9-20)27-16-33-35-37(27)26-15-23(22-6-5-7-24(14-22)40(4,38)39)12-13-25(26)36-17-28(29(30,31)32)34-19(36)3/h5-18H,1-4H3. The molecule has 0 bridgehead atoms.